The van der Waals surface area contributed by atoms with Crippen LogP contribution in [0.25, 0.3) is 0 Å². The monoisotopic (exact) mass is 274 g/mol. The van der Waals surface area contributed by atoms with Crippen LogP contribution in [0.5, 0.6) is 0 Å². The van der Waals surface area contributed by atoms with Gasteiger partial charge in [-0.05, 0) is 31.9 Å². The molecule has 98 valence electrons. The third kappa shape index (κ3) is 2.73. The van der Waals surface area contributed by atoms with Crippen LogP contribution in [0.3, 0.4) is 0 Å². The molecule has 1 saturated carbocycles. The van der Waals surface area contributed by atoms with Gasteiger partial charge in [0.05, 0.1) is 5.69 Å². The van der Waals surface area contributed by atoms with Gasteiger partial charge in [-0.15, -0.1) is 11.3 Å². The van der Waals surface area contributed by atoms with Crippen molar-refractivity contribution in [3.63, 3.8) is 0 Å². The van der Waals surface area contributed by atoms with E-state index in [0.717, 1.165) is 11.4 Å². The molecule has 2 heterocycles. The van der Waals surface area contributed by atoms with Gasteiger partial charge >= 0.3 is 0 Å². The lowest BCUT2D eigenvalue weighted by atomic mass is 10.2. The zero-order valence-electron chi connectivity index (χ0n) is 10.5. The normalized spacial score (nSPS) is 14.4. The number of carbonyl (C=O) groups excluding carboxylic acids is 1. The molecule has 0 saturated heterocycles. The molecule has 1 aliphatic rings. The van der Waals surface area contributed by atoms with Crippen molar-refractivity contribution in [3.05, 3.63) is 34.5 Å². The molecule has 0 radical (unpaired) electrons. The SMILES string of the molecule is Cc1cc(C(=O)Nc2nc(C3CC3)cs2)cc(N)n1. The number of hydrogen-bond donors (Lipinski definition) is 2. The third-order valence-corrected chi connectivity index (χ3v) is 3.75. The fourth-order valence-corrected chi connectivity index (χ4v) is 2.69. The topological polar surface area (TPSA) is 80.9 Å². The molecular weight excluding hydrogens is 260 g/mol. The average Bonchev–Trinajstić information content (AvgIpc) is 3.09. The fourth-order valence-electron chi connectivity index (χ4n) is 1.90. The molecule has 1 aliphatic carbocycles. The summed E-state index contributed by atoms with van der Waals surface area (Å²) in [6.07, 6.45) is 2.41. The summed E-state index contributed by atoms with van der Waals surface area (Å²) in [4.78, 5) is 20.6. The van der Waals surface area contributed by atoms with Crippen LogP contribution in [-0.4, -0.2) is 15.9 Å². The van der Waals surface area contributed by atoms with E-state index in [-0.39, 0.29) is 5.91 Å². The lowest BCUT2D eigenvalue weighted by Crippen LogP contribution is -2.13. The number of pyridine rings is 1. The molecule has 0 aromatic carbocycles. The van der Waals surface area contributed by atoms with Crippen molar-refractivity contribution in [1.82, 2.24) is 9.97 Å². The lowest BCUT2D eigenvalue weighted by molar-refractivity contribution is 0.102. The summed E-state index contributed by atoms with van der Waals surface area (Å²) in [6.45, 7) is 1.81. The van der Waals surface area contributed by atoms with Crippen LogP contribution in [0.1, 0.15) is 40.5 Å². The standard InChI is InChI=1S/C13H14N4OS/c1-7-4-9(5-11(14)15-7)12(18)17-13-16-10(6-19-13)8-2-3-8/h4-6,8H,2-3H2,1H3,(H2,14,15)(H,16,17,18). The number of aryl methyl sites for hydroxylation is 1. The highest BCUT2D eigenvalue weighted by Gasteiger charge is 2.26. The summed E-state index contributed by atoms with van der Waals surface area (Å²) in [5.41, 5.74) is 7.96. The van der Waals surface area contributed by atoms with Crippen LogP contribution in [0.2, 0.25) is 0 Å². The van der Waals surface area contributed by atoms with E-state index in [9.17, 15) is 4.79 Å². The molecule has 6 heteroatoms. The first-order valence-electron chi connectivity index (χ1n) is 6.13. The number of aromatic nitrogens is 2. The van der Waals surface area contributed by atoms with Crippen LogP contribution in [0, 0.1) is 6.92 Å². The Hall–Kier alpha value is -1.95. The van der Waals surface area contributed by atoms with Crippen molar-refractivity contribution >= 4 is 28.2 Å². The number of rotatable bonds is 3. The Labute approximate surface area is 114 Å². The van der Waals surface area contributed by atoms with Crippen molar-refractivity contribution in [2.75, 3.05) is 11.1 Å². The average molecular weight is 274 g/mol. The van der Waals surface area contributed by atoms with Crippen LogP contribution < -0.4 is 11.1 Å². The van der Waals surface area contributed by atoms with Crippen LogP contribution in [0.4, 0.5) is 10.9 Å². The summed E-state index contributed by atoms with van der Waals surface area (Å²) >= 11 is 1.46. The number of anilines is 2. The molecule has 0 atom stereocenters. The number of nitrogens with zero attached hydrogens (tertiary/aromatic N) is 2. The Bertz CT molecular complexity index is 613. The van der Waals surface area contributed by atoms with Crippen molar-refractivity contribution in [2.45, 2.75) is 25.7 Å². The molecule has 2 aromatic rings. The Morgan fingerprint density at radius 3 is 2.89 bits per heavy atom. The van der Waals surface area contributed by atoms with Crippen LogP contribution >= 0.6 is 11.3 Å². The highest BCUT2D eigenvalue weighted by Crippen LogP contribution is 2.40. The van der Waals surface area contributed by atoms with E-state index in [1.54, 1.807) is 12.1 Å². The summed E-state index contributed by atoms with van der Waals surface area (Å²) in [7, 11) is 0. The molecule has 0 unspecified atom stereocenters. The fraction of sp³-hybridized carbons (Fsp3) is 0.308. The molecule has 2 aromatic heterocycles. The van der Waals surface area contributed by atoms with Crippen molar-refractivity contribution < 1.29 is 4.79 Å². The smallest absolute Gasteiger partial charge is 0.257 e. The summed E-state index contributed by atoms with van der Waals surface area (Å²) in [6, 6.07) is 3.28. The Morgan fingerprint density at radius 2 is 2.21 bits per heavy atom. The van der Waals surface area contributed by atoms with Crippen molar-refractivity contribution in [3.8, 4) is 0 Å². The van der Waals surface area contributed by atoms with Gasteiger partial charge in [-0.2, -0.15) is 0 Å². The van der Waals surface area contributed by atoms with E-state index in [1.807, 2.05) is 12.3 Å². The second-order valence-electron chi connectivity index (χ2n) is 4.73. The predicted octanol–water partition coefficient (Wildman–Crippen LogP) is 2.56. The van der Waals surface area contributed by atoms with Gasteiger partial charge in [0.15, 0.2) is 5.13 Å². The maximum absolute atomic E-state index is 12.1. The predicted molar refractivity (Wildman–Crippen MR) is 75.4 cm³/mol. The first kappa shape index (κ1) is 12.1. The summed E-state index contributed by atoms with van der Waals surface area (Å²) in [5.74, 6) is 0.748. The zero-order chi connectivity index (χ0) is 13.4. The Kier molecular flexibility index (Phi) is 2.94. The molecule has 3 N–H and O–H groups in total. The number of nitrogen functional groups attached to an aromatic ring is 1. The molecule has 3 rings (SSSR count). The molecular formula is C13H14N4OS. The van der Waals surface area contributed by atoms with Crippen LogP contribution in [0.15, 0.2) is 17.5 Å². The minimum atomic E-state index is -0.200. The zero-order valence-corrected chi connectivity index (χ0v) is 11.3. The lowest BCUT2D eigenvalue weighted by Gasteiger charge is -2.03. The van der Waals surface area contributed by atoms with Crippen LogP contribution in [-0.2, 0) is 0 Å². The number of nitrogens with one attached hydrogen (secondary N) is 1. The molecule has 5 nitrogen and oxygen atoms in total. The van der Waals surface area contributed by atoms with Gasteiger partial charge in [-0.3, -0.25) is 10.1 Å². The molecule has 1 fully saturated rings. The second-order valence-corrected chi connectivity index (χ2v) is 5.59. The number of carbonyl (C=O) groups is 1. The molecule has 0 spiro atoms. The van der Waals surface area contributed by atoms with Gasteiger partial charge in [0, 0.05) is 22.6 Å². The van der Waals surface area contributed by atoms with E-state index >= 15 is 0 Å². The first-order valence-corrected chi connectivity index (χ1v) is 7.01. The van der Waals surface area contributed by atoms with E-state index in [0.29, 0.717) is 22.4 Å². The highest BCUT2D eigenvalue weighted by atomic mass is 32.1. The first-order chi connectivity index (χ1) is 9.11. The highest BCUT2D eigenvalue weighted by molar-refractivity contribution is 7.14. The largest absolute Gasteiger partial charge is 0.384 e. The van der Waals surface area contributed by atoms with Gasteiger partial charge in [-0.1, -0.05) is 0 Å². The minimum absolute atomic E-state index is 0.200. The van der Waals surface area contributed by atoms with Crippen molar-refractivity contribution in [2.24, 2.45) is 0 Å². The number of thiazole rings is 1. The van der Waals surface area contributed by atoms with E-state index in [1.165, 1.54) is 24.2 Å². The van der Waals surface area contributed by atoms with Gasteiger partial charge in [0.1, 0.15) is 5.82 Å². The van der Waals surface area contributed by atoms with E-state index in [4.69, 9.17) is 5.73 Å². The molecule has 1 amide bonds. The maximum Gasteiger partial charge on any atom is 0.257 e. The molecule has 19 heavy (non-hydrogen) atoms. The minimum Gasteiger partial charge on any atom is -0.384 e. The van der Waals surface area contributed by atoms with Gasteiger partial charge in [0.2, 0.25) is 0 Å². The Balaban J connectivity index is 1.75. The van der Waals surface area contributed by atoms with Gasteiger partial charge in [0.25, 0.3) is 5.91 Å². The number of hydrogen-bond acceptors (Lipinski definition) is 5. The number of amides is 1. The van der Waals surface area contributed by atoms with E-state index < -0.39 is 0 Å². The molecule has 0 aliphatic heterocycles. The van der Waals surface area contributed by atoms with Crippen molar-refractivity contribution in [1.29, 1.82) is 0 Å². The van der Waals surface area contributed by atoms with E-state index in [2.05, 4.69) is 15.3 Å². The second kappa shape index (κ2) is 4.62. The molecule has 0 bridgehead atoms. The summed E-state index contributed by atoms with van der Waals surface area (Å²) in [5, 5.41) is 5.45. The summed E-state index contributed by atoms with van der Waals surface area (Å²) < 4.78 is 0. The van der Waals surface area contributed by atoms with Gasteiger partial charge < -0.3 is 5.73 Å². The van der Waals surface area contributed by atoms with Gasteiger partial charge in [-0.25, -0.2) is 9.97 Å². The number of nitrogens with two attached hydrogens (primary N) is 1. The quantitative estimate of drug-likeness (QED) is 0.901. The Morgan fingerprint density at radius 1 is 1.42 bits per heavy atom. The third-order valence-electron chi connectivity index (χ3n) is 2.97. The maximum atomic E-state index is 12.1.